The van der Waals surface area contributed by atoms with Crippen molar-refractivity contribution < 1.29 is 14.4 Å². The number of rotatable bonds is 13. The zero-order chi connectivity index (χ0) is 22.7. The van der Waals surface area contributed by atoms with Gasteiger partial charge < -0.3 is 32.3 Å². The van der Waals surface area contributed by atoms with Gasteiger partial charge in [0.2, 0.25) is 17.7 Å². The van der Waals surface area contributed by atoms with Crippen molar-refractivity contribution in [2.75, 3.05) is 25.9 Å². The number of guanidine groups is 1. The average Bonchev–Trinajstić information content (AvgIpc) is 2.96. The lowest BCUT2D eigenvalue weighted by molar-refractivity contribution is -0.135. The van der Waals surface area contributed by atoms with Crippen molar-refractivity contribution in [1.82, 2.24) is 20.9 Å². The standard InChI is InChI=1S/C19H37N7O3S/c1-5-22-17(30-4)10-15(27)24-11-16(28)25-14-9-13(3)26(18(14)29)12(2)7-6-8-23-19(20)21/h12-14,17,22H,5-11H2,1-4H3,(H,24,27)(H,25,28)(H4,20,21,23). The van der Waals surface area contributed by atoms with E-state index in [1.807, 2.05) is 31.9 Å². The molecule has 7 N–H and O–H groups in total. The first-order valence-corrected chi connectivity index (χ1v) is 11.7. The van der Waals surface area contributed by atoms with E-state index in [0.717, 1.165) is 19.4 Å². The van der Waals surface area contributed by atoms with Crippen LogP contribution in [0.3, 0.4) is 0 Å². The van der Waals surface area contributed by atoms with Crippen molar-refractivity contribution in [2.24, 2.45) is 16.5 Å². The highest BCUT2D eigenvalue weighted by molar-refractivity contribution is 7.99. The molecule has 4 unspecified atom stereocenters. The SMILES string of the molecule is CCNC(CC(=O)NCC(=O)NC1CC(C)N(C(C)CCCN=C(N)N)C1=O)SC. The Labute approximate surface area is 183 Å². The molecule has 1 fully saturated rings. The van der Waals surface area contributed by atoms with Crippen molar-refractivity contribution in [1.29, 1.82) is 0 Å². The Bertz CT molecular complexity index is 613. The van der Waals surface area contributed by atoms with Crippen molar-refractivity contribution in [2.45, 2.75) is 70.0 Å². The van der Waals surface area contributed by atoms with Crippen LogP contribution in [-0.2, 0) is 14.4 Å². The van der Waals surface area contributed by atoms with Gasteiger partial charge in [0.25, 0.3) is 0 Å². The molecule has 1 aliphatic heterocycles. The zero-order valence-corrected chi connectivity index (χ0v) is 19.3. The van der Waals surface area contributed by atoms with E-state index < -0.39 is 6.04 Å². The van der Waals surface area contributed by atoms with E-state index in [1.54, 1.807) is 11.8 Å². The second kappa shape index (κ2) is 13.3. The molecule has 1 heterocycles. The summed E-state index contributed by atoms with van der Waals surface area (Å²) >= 11 is 1.55. The fourth-order valence-corrected chi connectivity index (χ4v) is 4.24. The maximum atomic E-state index is 12.8. The smallest absolute Gasteiger partial charge is 0.245 e. The van der Waals surface area contributed by atoms with Gasteiger partial charge in [-0.2, -0.15) is 0 Å². The molecule has 10 nitrogen and oxygen atoms in total. The molecule has 0 bridgehead atoms. The molecule has 4 atom stereocenters. The first kappa shape index (κ1) is 26.0. The Kier molecular flexibility index (Phi) is 11.6. The molecule has 0 aromatic rings. The fourth-order valence-electron chi connectivity index (χ4n) is 3.59. The Morgan fingerprint density at radius 3 is 2.63 bits per heavy atom. The van der Waals surface area contributed by atoms with Crippen LogP contribution >= 0.6 is 11.8 Å². The van der Waals surface area contributed by atoms with Crippen LogP contribution in [0.25, 0.3) is 0 Å². The first-order valence-electron chi connectivity index (χ1n) is 10.4. The summed E-state index contributed by atoms with van der Waals surface area (Å²) in [7, 11) is 0. The van der Waals surface area contributed by atoms with Crippen LogP contribution in [0.2, 0.25) is 0 Å². The zero-order valence-electron chi connectivity index (χ0n) is 18.4. The van der Waals surface area contributed by atoms with Crippen molar-refractivity contribution in [3.8, 4) is 0 Å². The molecule has 0 aliphatic carbocycles. The lowest BCUT2D eigenvalue weighted by Crippen LogP contribution is -2.47. The number of nitrogens with one attached hydrogen (secondary N) is 3. The summed E-state index contributed by atoms with van der Waals surface area (Å²) in [5, 5.41) is 8.58. The molecule has 0 aromatic carbocycles. The molecule has 0 saturated carbocycles. The summed E-state index contributed by atoms with van der Waals surface area (Å²) in [6.45, 7) is 7.08. The second-order valence-electron chi connectivity index (χ2n) is 7.51. The Balaban J connectivity index is 2.44. The maximum Gasteiger partial charge on any atom is 0.245 e. The molecule has 0 spiro atoms. The molecule has 172 valence electrons. The van der Waals surface area contributed by atoms with Crippen LogP contribution in [0, 0.1) is 0 Å². The van der Waals surface area contributed by atoms with Crippen LogP contribution in [0.1, 0.15) is 46.5 Å². The topological polar surface area (TPSA) is 155 Å². The average molecular weight is 444 g/mol. The molecule has 1 saturated heterocycles. The molecular formula is C19H37N7O3S. The minimum absolute atomic E-state index is 0.0114. The van der Waals surface area contributed by atoms with Gasteiger partial charge in [-0.05, 0) is 45.9 Å². The van der Waals surface area contributed by atoms with Gasteiger partial charge >= 0.3 is 0 Å². The van der Waals surface area contributed by atoms with Crippen molar-refractivity contribution >= 4 is 35.4 Å². The van der Waals surface area contributed by atoms with Crippen molar-refractivity contribution in [3.63, 3.8) is 0 Å². The fraction of sp³-hybridized carbons (Fsp3) is 0.789. The van der Waals surface area contributed by atoms with Crippen LogP contribution < -0.4 is 27.4 Å². The number of nitrogens with two attached hydrogens (primary N) is 2. The summed E-state index contributed by atoms with van der Waals surface area (Å²) in [6.07, 6.45) is 4.29. The third-order valence-electron chi connectivity index (χ3n) is 5.02. The Morgan fingerprint density at radius 1 is 1.33 bits per heavy atom. The highest BCUT2D eigenvalue weighted by atomic mass is 32.2. The number of carbonyl (C=O) groups excluding carboxylic acids is 3. The largest absolute Gasteiger partial charge is 0.370 e. The van der Waals surface area contributed by atoms with Crippen molar-refractivity contribution in [3.05, 3.63) is 0 Å². The molecule has 30 heavy (non-hydrogen) atoms. The monoisotopic (exact) mass is 443 g/mol. The lowest BCUT2D eigenvalue weighted by Gasteiger charge is -2.29. The van der Waals surface area contributed by atoms with Crippen LogP contribution in [-0.4, -0.2) is 78.0 Å². The molecule has 0 aromatic heterocycles. The number of carbonyl (C=O) groups is 3. The van der Waals surface area contributed by atoms with E-state index >= 15 is 0 Å². The summed E-state index contributed by atoms with van der Waals surface area (Å²) < 4.78 is 0. The van der Waals surface area contributed by atoms with E-state index in [2.05, 4.69) is 20.9 Å². The van der Waals surface area contributed by atoms with E-state index in [0.29, 0.717) is 13.0 Å². The highest BCUT2D eigenvalue weighted by Crippen LogP contribution is 2.23. The minimum Gasteiger partial charge on any atom is -0.370 e. The van der Waals surface area contributed by atoms with Gasteiger partial charge in [-0.25, -0.2) is 0 Å². The predicted octanol–water partition coefficient (Wildman–Crippen LogP) is -0.661. The van der Waals surface area contributed by atoms with E-state index in [-0.39, 0.29) is 54.1 Å². The lowest BCUT2D eigenvalue weighted by atomic mass is 10.1. The normalized spacial score (nSPS) is 20.5. The van der Waals surface area contributed by atoms with Gasteiger partial charge in [-0.15, -0.1) is 11.8 Å². The Hall–Kier alpha value is -2.01. The van der Waals surface area contributed by atoms with Gasteiger partial charge in [0.05, 0.1) is 18.3 Å². The summed E-state index contributed by atoms with van der Waals surface area (Å²) in [5.74, 6) is -0.590. The van der Waals surface area contributed by atoms with E-state index in [4.69, 9.17) is 11.5 Å². The summed E-state index contributed by atoms with van der Waals surface area (Å²) in [6, 6.07) is -0.513. The number of hydrogen-bond donors (Lipinski definition) is 5. The molecule has 1 rings (SSSR count). The third-order valence-corrected chi connectivity index (χ3v) is 5.92. The number of nitrogens with zero attached hydrogens (tertiary/aromatic N) is 2. The minimum atomic E-state index is -0.565. The van der Waals surface area contributed by atoms with Crippen LogP contribution in [0.15, 0.2) is 4.99 Å². The number of thioether (sulfide) groups is 1. The molecule has 1 aliphatic rings. The molecule has 0 radical (unpaired) electrons. The van der Waals surface area contributed by atoms with Gasteiger partial charge in [0, 0.05) is 18.6 Å². The second-order valence-corrected chi connectivity index (χ2v) is 8.55. The number of aliphatic imine (C=N–C) groups is 1. The predicted molar refractivity (Wildman–Crippen MR) is 121 cm³/mol. The number of amides is 3. The van der Waals surface area contributed by atoms with Gasteiger partial charge in [-0.1, -0.05) is 6.92 Å². The molecule has 11 heteroatoms. The summed E-state index contributed by atoms with van der Waals surface area (Å²) in [5.41, 5.74) is 10.6. The van der Waals surface area contributed by atoms with E-state index in [9.17, 15) is 14.4 Å². The van der Waals surface area contributed by atoms with Gasteiger partial charge in [0.15, 0.2) is 5.96 Å². The van der Waals surface area contributed by atoms with Crippen LogP contribution in [0.5, 0.6) is 0 Å². The quantitative estimate of drug-likeness (QED) is 0.109. The number of hydrogen-bond acceptors (Lipinski definition) is 6. The van der Waals surface area contributed by atoms with E-state index in [1.165, 1.54) is 0 Å². The first-order chi connectivity index (χ1) is 14.2. The third kappa shape index (κ3) is 8.78. The highest BCUT2D eigenvalue weighted by Gasteiger charge is 2.39. The molecule has 3 amide bonds. The van der Waals surface area contributed by atoms with Gasteiger partial charge in [-0.3, -0.25) is 19.4 Å². The van der Waals surface area contributed by atoms with Gasteiger partial charge in [0.1, 0.15) is 6.04 Å². The molecular weight excluding hydrogens is 406 g/mol. The Morgan fingerprint density at radius 2 is 2.03 bits per heavy atom. The van der Waals surface area contributed by atoms with Crippen LogP contribution in [0.4, 0.5) is 0 Å². The maximum absolute atomic E-state index is 12.8. The number of likely N-dealkylation sites (tertiary alicyclic amines) is 1. The summed E-state index contributed by atoms with van der Waals surface area (Å²) in [4.78, 5) is 42.8.